The van der Waals surface area contributed by atoms with Crippen molar-refractivity contribution in [1.82, 2.24) is 9.97 Å². The summed E-state index contributed by atoms with van der Waals surface area (Å²) in [4.78, 5) is 5.14. The molecule has 8 heteroatoms. The fourth-order valence-corrected chi connectivity index (χ4v) is 1.40. The van der Waals surface area contributed by atoms with E-state index < -0.39 is 24.1 Å². The number of nitrogens with one attached hydrogen (secondary N) is 1. The van der Waals surface area contributed by atoms with Crippen LogP contribution in [0.1, 0.15) is 5.82 Å². The van der Waals surface area contributed by atoms with Gasteiger partial charge in [-0.3, -0.25) is 0 Å². The number of hydrogen-bond donors (Lipinski definition) is 1. The Morgan fingerprint density at radius 2 is 1.67 bits per heavy atom. The van der Waals surface area contributed by atoms with Gasteiger partial charge < -0.3 is 4.98 Å². The monoisotopic (exact) mass is 268 g/mol. The van der Waals surface area contributed by atoms with Gasteiger partial charge in [-0.1, -0.05) is 12.1 Å². The van der Waals surface area contributed by atoms with Crippen molar-refractivity contribution in [2.45, 2.75) is 18.3 Å². The third-order valence-electron chi connectivity index (χ3n) is 2.38. The predicted octanol–water partition coefficient (Wildman–Crippen LogP) is 3.56. The van der Waals surface area contributed by atoms with Gasteiger partial charge in [0.15, 0.2) is 5.82 Å². The van der Waals surface area contributed by atoms with Gasteiger partial charge in [0.2, 0.25) is 0 Å². The summed E-state index contributed by atoms with van der Waals surface area (Å²) in [5.41, 5.74) is 0.0643. The number of benzene rings is 1. The lowest BCUT2D eigenvalue weighted by molar-refractivity contribution is -0.273. The van der Waals surface area contributed by atoms with Crippen molar-refractivity contribution in [3.8, 4) is 0 Å². The zero-order valence-electron chi connectivity index (χ0n) is 8.60. The van der Waals surface area contributed by atoms with E-state index >= 15 is 0 Å². The number of H-pyrrole nitrogens is 1. The maximum Gasteiger partial charge on any atom is 0.376 e. The first-order valence-corrected chi connectivity index (χ1v) is 4.76. The quantitative estimate of drug-likeness (QED) is 0.847. The van der Waals surface area contributed by atoms with E-state index in [9.17, 15) is 26.3 Å². The van der Waals surface area contributed by atoms with Crippen LogP contribution in [0.15, 0.2) is 24.3 Å². The minimum Gasteiger partial charge on any atom is -0.337 e. The van der Waals surface area contributed by atoms with Crippen molar-refractivity contribution in [3.63, 3.8) is 0 Å². The van der Waals surface area contributed by atoms with E-state index in [-0.39, 0.29) is 11.0 Å². The number of alkyl halides is 6. The molecule has 2 aromatic rings. The van der Waals surface area contributed by atoms with E-state index in [1.165, 1.54) is 24.3 Å². The number of imidazole rings is 1. The fraction of sp³-hybridized carbons (Fsp3) is 0.300. The number of fused-ring (bicyclic) bond motifs is 1. The van der Waals surface area contributed by atoms with Gasteiger partial charge in [0.05, 0.1) is 11.0 Å². The Bertz CT molecular complexity index is 529. The Morgan fingerprint density at radius 1 is 1.06 bits per heavy atom. The third-order valence-corrected chi connectivity index (χ3v) is 2.38. The topological polar surface area (TPSA) is 28.7 Å². The second-order valence-electron chi connectivity index (χ2n) is 3.60. The lowest BCUT2D eigenvalue weighted by Gasteiger charge is -2.23. The van der Waals surface area contributed by atoms with Crippen molar-refractivity contribution in [3.05, 3.63) is 30.1 Å². The molecule has 0 amide bonds. The highest BCUT2D eigenvalue weighted by molar-refractivity contribution is 5.74. The van der Waals surface area contributed by atoms with Crippen LogP contribution in [0, 0.1) is 0 Å². The van der Waals surface area contributed by atoms with Gasteiger partial charge in [0.25, 0.3) is 0 Å². The molecular weight excluding hydrogens is 262 g/mol. The molecule has 0 saturated heterocycles. The summed E-state index contributed by atoms with van der Waals surface area (Å²) in [5.74, 6) is -12.0. The Morgan fingerprint density at radius 3 is 2.22 bits per heavy atom. The first kappa shape index (κ1) is 12.7. The normalized spacial score (nSPS) is 13.5. The lowest BCUT2D eigenvalue weighted by Crippen LogP contribution is -2.44. The molecular formula is C10H6F6N2. The van der Waals surface area contributed by atoms with Crippen molar-refractivity contribution in [1.29, 1.82) is 0 Å². The Balaban J connectivity index is 2.52. The van der Waals surface area contributed by atoms with Crippen molar-refractivity contribution < 1.29 is 26.3 Å². The number of hydrogen-bond acceptors (Lipinski definition) is 1. The molecule has 0 aliphatic rings. The number of nitrogens with zero attached hydrogens (tertiary/aromatic N) is 1. The second-order valence-corrected chi connectivity index (χ2v) is 3.60. The molecule has 0 bridgehead atoms. The molecule has 0 saturated carbocycles. The fourth-order valence-electron chi connectivity index (χ4n) is 1.40. The minimum atomic E-state index is -5.49. The molecule has 0 aliphatic carbocycles. The van der Waals surface area contributed by atoms with Crippen LogP contribution >= 0.6 is 0 Å². The van der Waals surface area contributed by atoms with E-state index in [0.29, 0.717) is 0 Å². The Hall–Kier alpha value is -1.73. The summed E-state index contributed by atoms with van der Waals surface area (Å²) in [6.45, 7) is 0. The lowest BCUT2D eigenvalue weighted by atomic mass is 10.1. The number of rotatable bonds is 3. The molecule has 0 atom stereocenters. The first-order chi connectivity index (χ1) is 8.26. The number of aromatic amines is 1. The van der Waals surface area contributed by atoms with E-state index in [2.05, 4.69) is 4.98 Å². The van der Waals surface area contributed by atoms with Crippen molar-refractivity contribution >= 4 is 11.0 Å². The van der Waals surface area contributed by atoms with Crippen LogP contribution in [0.3, 0.4) is 0 Å². The summed E-state index contributed by atoms with van der Waals surface area (Å²) < 4.78 is 76.1. The second kappa shape index (κ2) is 3.89. The van der Waals surface area contributed by atoms with Gasteiger partial charge in [-0.15, -0.1) is 0 Å². The Kier molecular flexibility index (Phi) is 2.75. The molecule has 0 unspecified atom stereocenters. The van der Waals surface area contributed by atoms with Crippen LogP contribution in [0.25, 0.3) is 11.0 Å². The SMILES string of the molecule is FC(F)C(F)(F)C(F)(F)c1nc2ccccc2[nH]1. The molecule has 0 fully saturated rings. The van der Waals surface area contributed by atoms with E-state index in [4.69, 9.17) is 0 Å². The number of aromatic nitrogens is 2. The molecule has 18 heavy (non-hydrogen) atoms. The van der Waals surface area contributed by atoms with Crippen LogP contribution in [-0.2, 0) is 5.92 Å². The molecule has 0 spiro atoms. The molecule has 1 aromatic carbocycles. The molecule has 2 nitrogen and oxygen atoms in total. The zero-order valence-corrected chi connectivity index (χ0v) is 8.60. The van der Waals surface area contributed by atoms with Crippen LogP contribution in [-0.4, -0.2) is 22.3 Å². The summed E-state index contributed by atoms with van der Waals surface area (Å²) >= 11 is 0. The molecule has 0 aliphatic heterocycles. The predicted molar refractivity (Wildman–Crippen MR) is 50.9 cm³/mol. The van der Waals surface area contributed by atoms with Gasteiger partial charge in [0, 0.05) is 0 Å². The first-order valence-electron chi connectivity index (χ1n) is 4.76. The standard InChI is InChI=1S/C10H6F6N2/c11-7(12)9(13,14)10(15,16)8-17-5-3-1-2-4-6(5)18-8/h1-4,7H,(H,17,18). The highest BCUT2D eigenvalue weighted by Crippen LogP contribution is 2.45. The summed E-state index contributed by atoms with van der Waals surface area (Å²) in [5, 5.41) is 0. The van der Waals surface area contributed by atoms with Crippen molar-refractivity contribution in [2.75, 3.05) is 0 Å². The third kappa shape index (κ3) is 1.72. The Labute approximate surface area is 96.6 Å². The molecule has 0 radical (unpaired) electrons. The van der Waals surface area contributed by atoms with E-state index in [1.54, 1.807) is 0 Å². The van der Waals surface area contributed by atoms with Crippen LogP contribution in [0.2, 0.25) is 0 Å². The minimum absolute atomic E-state index is 0.00255. The molecule has 98 valence electrons. The summed E-state index contributed by atoms with van der Waals surface area (Å²) in [6, 6.07) is 5.54. The van der Waals surface area contributed by atoms with Crippen LogP contribution < -0.4 is 0 Å². The maximum absolute atomic E-state index is 13.3. The van der Waals surface area contributed by atoms with Crippen LogP contribution in [0.5, 0.6) is 0 Å². The molecule has 1 aromatic heterocycles. The van der Waals surface area contributed by atoms with Gasteiger partial charge in [-0.25, -0.2) is 13.8 Å². The average Bonchev–Trinajstić information content (AvgIpc) is 2.72. The summed E-state index contributed by atoms with van der Waals surface area (Å²) in [7, 11) is 0. The average molecular weight is 268 g/mol. The van der Waals surface area contributed by atoms with Gasteiger partial charge in [0.1, 0.15) is 0 Å². The van der Waals surface area contributed by atoms with Gasteiger partial charge in [-0.2, -0.15) is 17.6 Å². The highest BCUT2D eigenvalue weighted by atomic mass is 19.3. The van der Waals surface area contributed by atoms with Gasteiger partial charge >= 0.3 is 18.3 Å². The largest absolute Gasteiger partial charge is 0.376 e. The smallest absolute Gasteiger partial charge is 0.337 e. The number of para-hydroxylation sites is 2. The maximum atomic E-state index is 13.3. The molecule has 2 rings (SSSR count). The molecule has 1 N–H and O–H groups in total. The zero-order chi connectivity index (χ0) is 13.6. The van der Waals surface area contributed by atoms with E-state index in [1.807, 2.05) is 4.98 Å². The van der Waals surface area contributed by atoms with Crippen LogP contribution in [0.4, 0.5) is 26.3 Å². The number of halogens is 6. The highest BCUT2D eigenvalue weighted by Gasteiger charge is 2.65. The van der Waals surface area contributed by atoms with Crippen molar-refractivity contribution in [2.24, 2.45) is 0 Å². The molecule has 1 heterocycles. The van der Waals surface area contributed by atoms with Gasteiger partial charge in [-0.05, 0) is 12.1 Å². The van der Waals surface area contributed by atoms with E-state index in [0.717, 1.165) is 0 Å². The summed E-state index contributed by atoms with van der Waals surface area (Å²) in [6.07, 6.45) is -4.49.